The van der Waals surface area contributed by atoms with E-state index in [9.17, 15) is 9.59 Å². The van der Waals surface area contributed by atoms with Crippen molar-refractivity contribution in [1.82, 2.24) is 20.3 Å². The number of rotatable bonds is 8. The van der Waals surface area contributed by atoms with E-state index in [1.165, 1.54) is 0 Å². The van der Waals surface area contributed by atoms with Crippen LogP contribution in [0.1, 0.15) is 22.7 Å². The Labute approximate surface area is 202 Å². The normalized spacial score (nSPS) is 11.7. The van der Waals surface area contributed by atoms with Crippen LogP contribution in [0, 0.1) is 6.92 Å². The molecule has 2 aromatic heterocycles. The molecule has 0 bridgehead atoms. The largest absolute Gasteiger partial charge is 0.339 e. The lowest BCUT2D eigenvalue weighted by molar-refractivity contribution is -0.118. The van der Waals surface area contributed by atoms with Crippen molar-refractivity contribution in [3.8, 4) is 11.3 Å². The van der Waals surface area contributed by atoms with Crippen LogP contribution in [0.15, 0.2) is 72.9 Å². The highest BCUT2D eigenvalue weighted by atomic mass is 32.2. The highest BCUT2D eigenvalue weighted by Crippen LogP contribution is 2.21. The maximum Gasteiger partial charge on any atom is 0.270 e. The molecule has 34 heavy (non-hydrogen) atoms. The number of aryl methyl sites for hydroxylation is 1. The van der Waals surface area contributed by atoms with E-state index in [1.807, 2.05) is 73.8 Å². The number of carbonyl (C=O) groups is 2. The summed E-state index contributed by atoms with van der Waals surface area (Å²) in [5.74, 6) is 0.745. The zero-order chi connectivity index (χ0) is 23.9. The number of pyridine rings is 1. The van der Waals surface area contributed by atoms with E-state index in [1.54, 1.807) is 24.0 Å². The first kappa shape index (κ1) is 23.4. The molecule has 0 unspecified atom stereocenters. The van der Waals surface area contributed by atoms with Gasteiger partial charge in [0.2, 0.25) is 5.91 Å². The van der Waals surface area contributed by atoms with E-state index in [-0.39, 0.29) is 17.5 Å². The van der Waals surface area contributed by atoms with Gasteiger partial charge in [0.1, 0.15) is 17.6 Å². The monoisotopic (exact) mass is 471 g/mol. The average molecular weight is 472 g/mol. The van der Waals surface area contributed by atoms with E-state index in [0.717, 1.165) is 27.9 Å². The second kappa shape index (κ2) is 10.9. The zero-order valence-corrected chi connectivity index (χ0v) is 19.8. The summed E-state index contributed by atoms with van der Waals surface area (Å²) in [4.78, 5) is 39.0. The molecule has 0 radical (unpaired) electrons. The van der Waals surface area contributed by atoms with Crippen molar-refractivity contribution in [2.24, 2.45) is 0 Å². The molecule has 2 amide bonds. The van der Waals surface area contributed by atoms with Crippen LogP contribution in [0.2, 0.25) is 0 Å². The van der Waals surface area contributed by atoms with Gasteiger partial charge in [0.15, 0.2) is 0 Å². The van der Waals surface area contributed by atoms with Crippen LogP contribution in [0.5, 0.6) is 0 Å². The molecule has 0 fully saturated rings. The SMILES string of the molecule is CSCC[C@@H](NC(=O)c1ccc2ccccc2n1)C(=O)Nc1cccc(-c2ccnc(C)n2)c1. The molecule has 4 rings (SSSR count). The summed E-state index contributed by atoms with van der Waals surface area (Å²) in [5.41, 5.74) is 3.29. The van der Waals surface area contributed by atoms with E-state index >= 15 is 0 Å². The standard InChI is InChI=1S/C26H25N5O2S/c1-17-27-14-12-22(28-17)19-7-5-8-20(16-19)29-25(32)24(13-15-34-2)31-26(33)23-11-10-18-6-3-4-9-21(18)30-23/h3-12,14,16,24H,13,15H2,1-2H3,(H,29,32)(H,31,33)/t24-/m1/s1. The number of fused-ring (bicyclic) bond motifs is 1. The van der Waals surface area contributed by atoms with Crippen molar-refractivity contribution >= 4 is 40.2 Å². The van der Waals surface area contributed by atoms with Gasteiger partial charge >= 0.3 is 0 Å². The highest BCUT2D eigenvalue weighted by Gasteiger charge is 2.22. The molecule has 2 heterocycles. The Morgan fingerprint density at radius 1 is 1.00 bits per heavy atom. The van der Waals surface area contributed by atoms with Gasteiger partial charge in [-0.3, -0.25) is 9.59 Å². The van der Waals surface area contributed by atoms with E-state index in [2.05, 4.69) is 25.6 Å². The molecule has 0 saturated carbocycles. The average Bonchev–Trinajstić information content (AvgIpc) is 2.86. The first-order chi connectivity index (χ1) is 16.5. The second-order valence-electron chi connectivity index (χ2n) is 7.76. The molecular weight excluding hydrogens is 446 g/mol. The smallest absolute Gasteiger partial charge is 0.270 e. The van der Waals surface area contributed by atoms with Gasteiger partial charge in [0, 0.05) is 22.8 Å². The van der Waals surface area contributed by atoms with Crippen molar-refractivity contribution < 1.29 is 9.59 Å². The van der Waals surface area contributed by atoms with Crippen LogP contribution in [0.3, 0.4) is 0 Å². The van der Waals surface area contributed by atoms with E-state index < -0.39 is 6.04 Å². The minimum atomic E-state index is -0.696. The molecular formula is C26H25N5O2S. The van der Waals surface area contributed by atoms with Crippen molar-refractivity contribution in [1.29, 1.82) is 0 Å². The lowest BCUT2D eigenvalue weighted by Crippen LogP contribution is -2.44. The lowest BCUT2D eigenvalue weighted by atomic mass is 10.1. The van der Waals surface area contributed by atoms with Crippen LogP contribution in [-0.2, 0) is 4.79 Å². The Hall–Kier alpha value is -3.78. The maximum atomic E-state index is 13.1. The molecule has 0 aliphatic heterocycles. The van der Waals surface area contributed by atoms with Crippen LogP contribution >= 0.6 is 11.8 Å². The molecule has 7 nitrogen and oxygen atoms in total. The molecule has 0 aliphatic rings. The molecule has 8 heteroatoms. The molecule has 0 spiro atoms. The quantitative estimate of drug-likeness (QED) is 0.393. The highest BCUT2D eigenvalue weighted by molar-refractivity contribution is 7.98. The summed E-state index contributed by atoms with van der Waals surface area (Å²) in [6.45, 7) is 1.83. The second-order valence-corrected chi connectivity index (χ2v) is 8.74. The summed E-state index contributed by atoms with van der Waals surface area (Å²) < 4.78 is 0. The number of anilines is 1. The Bertz CT molecular complexity index is 1330. The summed E-state index contributed by atoms with van der Waals surface area (Å²) in [6, 6.07) is 19.7. The maximum absolute atomic E-state index is 13.1. The Morgan fingerprint density at radius 2 is 1.85 bits per heavy atom. The van der Waals surface area contributed by atoms with Gasteiger partial charge in [-0.15, -0.1) is 0 Å². The molecule has 0 aliphatic carbocycles. The number of carbonyl (C=O) groups excluding carboxylic acids is 2. The number of aromatic nitrogens is 3. The van der Waals surface area contributed by atoms with Gasteiger partial charge in [0.25, 0.3) is 5.91 Å². The predicted octanol–water partition coefficient (Wildman–Crippen LogP) is 4.49. The molecule has 4 aromatic rings. The third-order valence-electron chi connectivity index (χ3n) is 5.27. The van der Waals surface area contributed by atoms with Crippen molar-refractivity contribution in [2.45, 2.75) is 19.4 Å². The third kappa shape index (κ3) is 5.77. The number of amides is 2. The topological polar surface area (TPSA) is 96.9 Å². The predicted molar refractivity (Wildman–Crippen MR) is 137 cm³/mol. The minimum absolute atomic E-state index is 0.279. The minimum Gasteiger partial charge on any atom is -0.339 e. The fourth-order valence-corrected chi connectivity index (χ4v) is 4.00. The van der Waals surface area contributed by atoms with Crippen LogP contribution in [0.4, 0.5) is 5.69 Å². The number of thioether (sulfide) groups is 1. The summed E-state index contributed by atoms with van der Waals surface area (Å²) >= 11 is 1.62. The lowest BCUT2D eigenvalue weighted by Gasteiger charge is -2.18. The van der Waals surface area contributed by atoms with Crippen LogP contribution in [-0.4, -0.2) is 44.8 Å². The molecule has 172 valence electrons. The van der Waals surface area contributed by atoms with Crippen molar-refractivity contribution in [3.63, 3.8) is 0 Å². The van der Waals surface area contributed by atoms with Crippen LogP contribution < -0.4 is 10.6 Å². The molecule has 0 saturated heterocycles. The Morgan fingerprint density at radius 3 is 2.68 bits per heavy atom. The fourth-order valence-electron chi connectivity index (χ4n) is 3.53. The van der Waals surface area contributed by atoms with Gasteiger partial charge in [-0.25, -0.2) is 15.0 Å². The van der Waals surface area contributed by atoms with Gasteiger partial charge in [0.05, 0.1) is 11.2 Å². The van der Waals surface area contributed by atoms with E-state index in [0.29, 0.717) is 17.9 Å². The van der Waals surface area contributed by atoms with Gasteiger partial charge in [-0.1, -0.05) is 36.4 Å². The van der Waals surface area contributed by atoms with Crippen LogP contribution in [0.25, 0.3) is 22.2 Å². The number of benzene rings is 2. The first-order valence-electron chi connectivity index (χ1n) is 10.9. The number of hydrogen-bond donors (Lipinski definition) is 2. The first-order valence-corrected chi connectivity index (χ1v) is 12.3. The van der Waals surface area contributed by atoms with Gasteiger partial charge in [-0.2, -0.15) is 11.8 Å². The number of hydrogen-bond acceptors (Lipinski definition) is 6. The Kier molecular flexibility index (Phi) is 7.49. The van der Waals surface area contributed by atoms with Crippen molar-refractivity contribution in [3.05, 3.63) is 84.4 Å². The molecule has 1 atom stereocenters. The fraction of sp³-hybridized carbons (Fsp3) is 0.192. The van der Waals surface area contributed by atoms with Crippen molar-refractivity contribution in [2.75, 3.05) is 17.3 Å². The van der Waals surface area contributed by atoms with E-state index in [4.69, 9.17) is 0 Å². The Balaban J connectivity index is 1.50. The number of nitrogens with one attached hydrogen (secondary N) is 2. The summed E-state index contributed by atoms with van der Waals surface area (Å²) in [5, 5.41) is 6.75. The summed E-state index contributed by atoms with van der Waals surface area (Å²) in [7, 11) is 0. The van der Waals surface area contributed by atoms with Gasteiger partial charge in [-0.05, 0) is 55.7 Å². The third-order valence-corrected chi connectivity index (χ3v) is 5.91. The number of nitrogens with zero attached hydrogens (tertiary/aromatic N) is 3. The zero-order valence-electron chi connectivity index (χ0n) is 19.0. The van der Waals surface area contributed by atoms with Gasteiger partial charge < -0.3 is 10.6 Å². The molecule has 2 aromatic carbocycles. The molecule has 2 N–H and O–H groups in total. The summed E-state index contributed by atoms with van der Waals surface area (Å²) in [6.07, 6.45) is 4.17. The number of para-hydroxylation sites is 1.